The van der Waals surface area contributed by atoms with Crippen LogP contribution in [0, 0.1) is 10.1 Å². The fourth-order valence-electron chi connectivity index (χ4n) is 2.88. The van der Waals surface area contributed by atoms with Crippen LogP contribution in [-0.4, -0.2) is 25.9 Å². The Morgan fingerprint density at radius 3 is 2.32 bits per heavy atom. The number of rotatable bonds is 9. The molecule has 1 heterocycles. The lowest BCUT2D eigenvalue weighted by Crippen LogP contribution is -2.30. The van der Waals surface area contributed by atoms with Gasteiger partial charge >= 0.3 is 5.97 Å². The Balaban J connectivity index is 1.94. The van der Waals surface area contributed by atoms with E-state index in [9.17, 15) is 23.3 Å². The molecule has 0 atom stereocenters. The maximum Gasteiger partial charge on any atom is 0.310 e. The average Bonchev–Trinajstić information content (AvgIpc) is 3.26. The van der Waals surface area contributed by atoms with Crippen molar-refractivity contribution in [3.05, 3.63) is 86.6 Å². The summed E-state index contributed by atoms with van der Waals surface area (Å²) in [6, 6.07) is 15.1. The lowest BCUT2D eigenvalue weighted by atomic mass is 10.1. The lowest BCUT2D eigenvalue weighted by Gasteiger charge is -2.24. The van der Waals surface area contributed by atoms with E-state index >= 15 is 0 Å². The number of sulfonamides is 1. The second-order valence-electron chi connectivity index (χ2n) is 6.49. The van der Waals surface area contributed by atoms with Gasteiger partial charge in [0, 0.05) is 17.0 Å². The van der Waals surface area contributed by atoms with E-state index in [0.29, 0.717) is 17.9 Å². The van der Waals surface area contributed by atoms with E-state index in [1.165, 1.54) is 39.9 Å². The number of nitro benzene ring substituents is 1. The fraction of sp³-hybridized carbons (Fsp3) is 0.190. The van der Waals surface area contributed by atoms with Crippen molar-refractivity contribution in [1.82, 2.24) is 0 Å². The second kappa shape index (κ2) is 9.71. The Kier molecular flexibility index (Phi) is 7.03. The van der Waals surface area contributed by atoms with Crippen LogP contribution in [0.4, 0.5) is 11.4 Å². The Morgan fingerprint density at radius 2 is 1.77 bits per heavy atom. The molecule has 8 nitrogen and oxygen atoms in total. The van der Waals surface area contributed by atoms with Crippen molar-refractivity contribution in [2.45, 2.75) is 24.8 Å². The molecule has 3 aromatic rings. The predicted molar refractivity (Wildman–Crippen MR) is 118 cm³/mol. The zero-order valence-electron chi connectivity index (χ0n) is 16.6. The zero-order valence-corrected chi connectivity index (χ0v) is 18.3. The highest BCUT2D eigenvalue weighted by molar-refractivity contribution is 7.92. The maximum absolute atomic E-state index is 13.4. The molecule has 162 valence electrons. The molecular weight excluding hydrogens is 440 g/mol. The molecule has 0 spiro atoms. The maximum atomic E-state index is 13.4. The number of anilines is 1. The Morgan fingerprint density at radius 1 is 1.10 bits per heavy atom. The number of ether oxygens (including phenoxy) is 1. The molecule has 1 aromatic heterocycles. The van der Waals surface area contributed by atoms with Crippen LogP contribution in [-0.2, 0) is 32.5 Å². The van der Waals surface area contributed by atoms with Crippen molar-refractivity contribution in [2.24, 2.45) is 0 Å². The van der Waals surface area contributed by atoms with Crippen LogP contribution in [0.3, 0.4) is 0 Å². The summed E-state index contributed by atoms with van der Waals surface area (Å²) in [6.45, 7) is 2.12. The number of hydrogen-bond acceptors (Lipinski definition) is 7. The molecule has 0 N–H and O–H groups in total. The topological polar surface area (TPSA) is 107 Å². The van der Waals surface area contributed by atoms with Gasteiger partial charge in [-0.3, -0.25) is 19.2 Å². The number of nitrogens with zero attached hydrogens (tertiary/aromatic N) is 2. The molecule has 10 heteroatoms. The molecule has 31 heavy (non-hydrogen) atoms. The summed E-state index contributed by atoms with van der Waals surface area (Å²) >= 11 is 1.42. The van der Waals surface area contributed by atoms with Gasteiger partial charge < -0.3 is 4.74 Å². The fourth-order valence-corrected chi connectivity index (χ4v) is 5.10. The highest BCUT2D eigenvalue weighted by Gasteiger charge is 2.26. The predicted octanol–water partition coefficient (Wildman–Crippen LogP) is 4.16. The SMILES string of the molecule is CCOC(=O)Cc1ccc(N(Cc2cccs2)S(=O)(=O)c2ccc([N+](=O)[O-])cc2)cc1. The van der Waals surface area contributed by atoms with Gasteiger partial charge in [0.25, 0.3) is 15.7 Å². The van der Waals surface area contributed by atoms with Gasteiger partial charge in [-0.2, -0.15) is 0 Å². The van der Waals surface area contributed by atoms with Crippen LogP contribution in [0.1, 0.15) is 17.4 Å². The molecule has 0 unspecified atom stereocenters. The van der Waals surface area contributed by atoms with E-state index in [2.05, 4.69) is 0 Å². The third-order valence-electron chi connectivity index (χ3n) is 4.39. The summed E-state index contributed by atoms with van der Waals surface area (Å²) < 4.78 is 32.9. The summed E-state index contributed by atoms with van der Waals surface area (Å²) in [5, 5.41) is 12.7. The first-order valence-electron chi connectivity index (χ1n) is 9.35. The monoisotopic (exact) mass is 460 g/mol. The van der Waals surface area contributed by atoms with Crippen LogP contribution in [0.15, 0.2) is 70.9 Å². The zero-order chi connectivity index (χ0) is 22.4. The van der Waals surface area contributed by atoms with E-state index < -0.39 is 14.9 Å². The van der Waals surface area contributed by atoms with E-state index in [1.54, 1.807) is 31.2 Å². The van der Waals surface area contributed by atoms with Gasteiger partial charge in [-0.25, -0.2) is 8.42 Å². The van der Waals surface area contributed by atoms with Crippen LogP contribution in [0.5, 0.6) is 0 Å². The summed E-state index contributed by atoms with van der Waals surface area (Å²) in [6.07, 6.45) is 0.0914. The van der Waals surface area contributed by atoms with Crippen molar-refractivity contribution in [1.29, 1.82) is 0 Å². The standard InChI is InChI=1S/C21H20N2O6S2/c1-2-29-21(24)14-16-5-7-17(8-6-16)22(15-19-4-3-13-30-19)31(27,28)20-11-9-18(10-12-20)23(25)26/h3-13H,2,14-15H2,1H3. The molecule has 0 aliphatic heterocycles. The third kappa shape index (κ3) is 5.47. The molecule has 0 aliphatic rings. The van der Waals surface area contributed by atoms with E-state index in [0.717, 1.165) is 4.88 Å². The summed E-state index contributed by atoms with van der Waals surface area (Å²) in [4.78, 5) is 22.8. The molecular formula is C21H20N2O6S2. The first-order valence-corrected chi connectivity index (χ1v) is 11.7. The Hall–Kier alpha value is -3.24. The summed E-state index contributed by atoms with van der Waals surface area (Å²) in [7, 11) is -3.99. The van der Waals surface area contributed by atoms with Gasteiger partial charge in [-0.1, -0.05) is 18.2 Å². The molecule has 0 amide bonds. The second-order valence-corrected chi connectivity index (χ2v) is 9.38. The largest absolute Gasteiger partial charge is 0.466 e. The van der Waals surface area contributed by atoms with E-state index in [4.69, 9.17) is 4.74 Å². The molecule has 0 bridgehead atoms. The van der Waals surface area contributed by atoms with Crippen molar-refractivity contribution in [3.8, 4) is 0 Å². The van der Waals surface area contributed by atoms with Gasteiger partial charge in [0.05, 0.1) is 35.1 Å². The molecule has 0 radical (unpaired) electrons. The number of carbonyl (C=O) groups is 1. The number of carbonyl (C=O) groups excluding carboxylic acids is 1. The van der Waals surface area contributed by atoms with Gasteiger partial charge in [0.2, 0.25) is 0 Å². The minimum absolute atomic E-state index is 0.0507. The first kappa shape index (κ1) is 22.4. The van der Waals surface area contributed by atoms with Crippen molar-refractivity contribution >= 4 is 38.7 Å². The van der Waals surface area contributed by atoms with Gasteiger partial charge in [-0.05, 0) is 48.2 Å². The summed E-state index contributed by atoms with van der Waals surface area (Å²) in [5.74, 6) is -0.357. The van der Waals surface area contributed by atoms with Crippen LogP contribution >= 0.6 is 11.3 Å². The van der Waals surface area contributed by atoms with Crippen LogP contribution < -0.4 is 4.31 Å². The van der Waals surface area contributed by atoms with Crippen molar-refractivity contribution in [3.63, 3.8) is 0 Å². The minimum Gasteiger partial charge on any atom is -0.466 e. The van der Waals surface area contributed by atoms with Gasteiger partial charge in [-0.15, -0.1) is 11.3 Å². The number of non-ortho nitro benzene ring substituents is 1. The molecule has 3 rings (SSSR count). The first-order chi connectivity index (χ1) is 14.8. The average molecular weight is 461 g/mol. The third-order valence-corrected chi connectivity index (χ3v) is 7.04. The highest BCUT2D eigenvalue weighted by Crippen LogP contribution is 2.28. The van der Waals surface area contributed by atoms with E-state index in [-0.39, 0.29) is 29.5 Å². The number of thiophene rings is 1. The van der Waals surface area contributed by atoms with Crippen molar-refractivity contribution in [2.75, 3.05) is 10.9 Å². The number of esters is 1. The minimum atomic E-state index is -3.99. The Labute approximate surface area is 183 Å². The van der Waals surface area contributed by atoms with E-state index in [1.807, 2.05) is 17.5 Å². The van der Waals surface area contributed by atoms with Crippen LogP contribution in [0.25, 0.3) is 0 Å². The number of hydrogen-bond donors (Lipinski definition) is 0. The molecule has 2 aromatic carbocycles. The van der Waals surface area contributed by atoms with Crippen molar-refractivity contribution < 1.29 is 22.9 Å². The molecule has 0 fully saturated rings. The van der Waals surface area contributed by atoms with Gasteiger partial charge in [0.15, 0.2) is 0 Å². The van der Waals surface area contributed by atoms with Gasteiger partial charge in [0.1, 0.15) is 0 Å². The molecule has 0 saturated heterocycles. The Bertz CT molecular complexity index is 1140. The highest BCUT2D eigenvalue weighted by atomic mass is 32.2. The molecule has 0 saturated carbocycles. The number of nitro groups is 1. The molecule has 0 aliphatic carbocycles. The van der Waals surface area contributed by atoms with Crippen LogP contribution in [0.2, 0.25) is 0 Å². The smallest absolute Gasteiger partial charge is 0.310 e. The normalized spacial score (nSPS) is 11.1. The number of benzene rings is 2. The summed E-state index contributed by atoms with van der Waals surface area (Å²) in [5.41, 5.74) is 0.928. The quantitative estimate of drug-likeness (QED) is 0.270. The lowest BCUT2D eigenvalue weighted by molar-refractivity contribution is -0.384.